The van der Waals surface area contributed by atoms with E-state index in [4.69, 9.17) is 0 Å². The van der Waals surface area contributed by atoms with Crippen LogP contribution in [0.4, 0.5) is 0 Å². The van der Waals surface area contributed by atoms with E-state index in [9.17, 15) is 4.79 Å². The maximum absolute atomic E-state index is 11.0. The Bertz CT molecular complexity index is 139. The van der Waals surface area contributed by atoms with E-state index >= 15 is 0 Å². The minimum Gasteiger partial charge on any atom is -0.469 e. The van der Waals surface area contributed by atoms with Crippen LogP contribution in [-0.2, 0) is 9.53 Å². The van der Waals surface area contributed by atoms with E-state index in [0.717, 1.165) is 19.4 Å². The highest BCUT2D eigenvalue weighted by Crippen LogP contribution is 2.10. The van der Waals surface area contributed by atoms with Crippen LogP contribution in [0.2, 0.25) is 0 Å². The Kier molecular flexibility index (Phi) is 2.88. The van der Waals surface area contributed by atoms with Crippen LogP contribution in [-0.4, -0.2) is 25.7 Å². The van der Waals surface area contributed by atoms with Crippen molar-refractivity contribution >= 4 is 5.97 Å². The van der Waals surface area contributed by atoms with E-state index in [0.29, 0.717) is 6.04 Å². The fraction of sp³-hybridized carbons (Fsp3) is 0.875. The molecule has 0 aromatic carbocycles. The van der Waals surface area contributed by atoms with Crippen LogP contribution < -0.4 is 5.32 Å². The highest BCUT2D eigenvalue weighted by molar-refractivity contribution is 5.72. The Balaban J connectivity index is 2.33. The molecule has 1 rings (SSSR count). The van der Waals surface area contributed by atoms with Gasteiger partial charge in [0.25, 0.3) is 0 Å². The molecule has 0 aromatic heterocycles. The third kappa shape index (κ3) is 2.19. The number of quaternary nitrogens is 1. The van der Waals surface area contributed by atoms with Gasteiger partial charge in [0.1, 0.15) is 5.92 Å². The van der Waals surface area contributed by atoms with E-state index in [1.807, 2.05) is 0 Å². The summed E-state index contributed by atoms with van der Waals surface area (Å²) in [7, 11) is 1.46. The molecule has 0 bridgehead atoms. The second-order valence-corrected chi connectivity index (χ2v) is 3.25. The van der Waals surface area contributed by atoms with Crippen LogP contribution in [0.5, 0.6) is 0 Å². The number of esters is 1. The molecule has 0 aromatic rings. The maximum Gasteiger partial charge on any atom is 0.314 e. The van der Waals surface area contributed by atoms with E-state index in [1.165, 1.54) is 7.11 Å². The quantitative estimate of drug-likeness (QED) is 0.524. The first-order valence-electron chi connectivity index (χ1n) is 4.15. The average Bonchev–Trinajstić information content (AvgIpc) is 2.05. The third-order valence-electron chi connectivity index (χ3n) is 2.33. The zero-order chi connectivity index (χ0) is 8.27. The molecule has 2 unspecified atom stereocenters. The monoisotopic (exact) mass is 158 g/mol. The van der Waals surface area contributed by atoms with Crippen molar-refractivity contribution in [1.82, 2.24) is 0 Å². The summed E-state index contributed by atoms with van der Waals surface area (Å²) in [4.78, 5) is 11.0. The van der Waals surface area contributed by atoms with E-state index in [2.05, 4.69) is 17.0 Å². The van der Waals surface area contributed by atoms with Crippen molar-refractivity contribution in [3.05, 3.63) is 0 Å². The lowest BCUT2D eigenvalue weighted by molar-refractivity contribution is -0.698. The Labute approximate surface area is 67.1 Å². The number of rotatable bonds is 1. The summed E-state index contributed by atoms with van der Waals surface area (Å²) in [5, 5.41) is 2.21. The summed E-state index contributed by atoms with van der Waals surface area (Å²) >= 11 is 0. The van der Waals surface area contributed by atoms with Crippen LogP contribution in [0.15, 0.2) is 0 Å². The van der Waals surface area contributed by atoms with Gasteiger partial charge in [-0.05, 0) is 13.3 Å². The molecule has 64 valence electrons. The van der Waals surface area contributed by atoms with Crippen molar-refractivity contribution in [2.24, 2.45) is 5.92 Å². The Morgan fingerprint density at radius 2 is 2.27 bits per heavy atom. The molecule has 2 atom stereocenters. The van der Waals surface area contributed by atoms with E-state index in [-0.39, 0.29) is 11.9 Å². The minimum absolute atomic E-state index is 0.0480. The third-order valence-corrected chi connectivity index (χ3v) is 2.33. The predicted molar refractivity (Wildman–Crippen MR) is 41.0 cm³/mol. The van der Waals surface area contributed by atoms with E-state index in [1.54, 1.807) is 0 Å². The molecule has 0 saturated carbocycles. The van der Waals surface area contributed by atoms with Crippen molar-refractivity contribution in [3.8, 4) is 0 Å². The molecule has 1 aliphatic rings. The average molecular weight is 158 g/mol. The fourth-order valence-corrected chi connectivity index (χ4v) is 1.48. The molecule has 3 nitrogen and oxygen atoms in total. The molecule has 11 heavy (non-hydrogen) atoms. The second-order valence-electron chi connectivity index (χ2n) is 3.25. The largest absolute Gasteiger partial charge is 0.469 e. The molecular formula is C8H16NO2+. The van der Waals surface area contributed by atoms with Gasteiger partial charge in [0, 0.05) is 6.42 Å². The molecule has 2 N–H and O–H groups in total. The number of hydrogen-bond acceptors (Lipinski definition) is 2. The first-order chi connectivity index (χ1) is 5.24. The van der Waals surface area contributed by atoms with Crippen LogP contribution in [0.25, 0.3) is 0 Å². The highest BCUT2D eigenvalue weighted by Gasteiger charge is 2.27. The van der Waals surface area contributed by atoms with Crippen molar-refractivity contribution in [2.45, 2.75) is 25.8 Å². The van der Waals surface area contributed by atoms with Crippen molar-refractivity contribution in [2.75, 3.05) is 13.7 Å². The molecule has 3 heteroatoms. The highest BCUT2D eigenvalue weighted by atomic mass is 16.5. The van der Waals surface area contributed by atoms with Gasteiger partial charge in [-0.15, -0.1) is 0 Å². The number of methoxy groups -OCH3 is 1. The smallest absolute Gasteiger partial charge is 0.314 e. The number of carbonyl (C=O) groups excluding carboxylic acids is 1. The molecule has 0 amide bonds. The number of carbonyl (C=O) groups is 1. The number of nitrogens with two attached hydrogens (primary N) is 1. The van der Waals surface area contributed by atoms with Gasteiger partial charge in [-0.1, -0.05) is 0 Å². The van der Waals surface area contributed by atoms with Crippen molar-refractivity contribution in [3.63, 3.8) is 0 Å². The zero-order valence-corrected chi connectivity index (χ0v) is 7.17. The molecule has 0 radical (unpaired) electrons. The molecular weight excluding hydrogens is 142 g/mol. The molecule has 1 heterocycles. The van der Waals surface area contributed by atoms with Gasteiger partial charge in [-0.25, -0.2) is 0 Å². The summed E-state index contributed by atoms with van der Waals surface area (Å²) in [5.41, 5.74) is 0. The van der Waals surface area contributed by atoms with Gasteiger partial charge in [-0.3, -0.25) is 4.79 Å². The first-order valence-corrected chi connectivity index (χ1v) is 4.15. The van der Waals surface area contributed by atoms with Gasteiger partial charge in [0.2, 0.25) is 0 Å². The minimum atomic E-state index is -0.0480. The molecule has 1 saturated heterocycles. The van der Waals surface area contributed by atoms with E-state index < -0.39 is 0 Å². The Hall–Kier alpha value is -0.570. The SMILES string of the molecule is COC(=O)C1CCC(C)[NH2+]C1. The molecule has 0 spiro atoms. The lowest BCUT2D eigenvalue weighted by atomic mass is 9.96. The van der Waals surface area contributed by atoms with Crippen LogP contribution in [0, 0.1) is 5.92 Å². The number of ether oxygens (including phenoxy) is 1. The van der Waals surface area contributed by atoms with Crippen LogP contribution in [0.1, 0.15) is 19.8 Å². The first kappa shape index (κ1) is 8.53. The summed E-state index contributed by atoms with van der Waals surface area (Å²) in [6, 6.07) is 0.677. The zero-order valence-electron chi connectivity index (χ0n) is 7.17. The van der Waals surface area contributed by atoms with Gasteiger partial charge in [0.15, 0.2) is 0 Å². The van der Waals surface area contributed by atoms with Crippen LogP contribution in [0.3, 0.4) is 0 Å². The summed E-state index contributed by atoms with van der Waals surface area (Å²) < 4.78 is 4.67. The molecule has 1 fully saturated rings. The predicted octanol–water partition coefficient (Wildman–Crippen LogP) is -0.479. The van der Waals surface area contributed by atoms with Crippen molar-refractivity contribution < 1.29 is 14.8 Å². The Morgan fingerprint density at radius 1 is 1.55 bits per heavy atom. The standard InChI is InChI=1S/C8H15NO2/c1-6-3-4-7(5-9-6)8(10)11-2/h6-7,9H,3-5H2,1-2H3/p+1. The second kappa shape index (κ2) is 3.72. The molecule has 1 aliphatic heterocycles. The summed E-state index contributed by atoms with van der Waals surface area (Å²) in [6.07, 6.45) is 2.12. The summed E-state index contributed by atoms with van der Waals surface area (Å²) in [5.74, 6) is 0.0874. The fourth-order valence-electron chi connectivity index (χ4n) is 1.48. The van der Waals surface area contributed by atoms with Gasteiger partial charge < -0.3 is 10.1 Å². The summed E-state index contributed by atoms with van der Waals surface area (Å²) in [6.45, 7) is 3.08. The van der Waals surface area contributed by atoms with Crippen molar-refractivity contribution in [1.29, 1.82) is 0 Å². The normalized spacial score (nSPS) is 31.5. The van der Waals surface area contributed by atoms with Gasteiger partial charge in [-0.2, -0.15) is 0 Å². The lowest BCUT2D eigenvalue weighted by Gasteiger charge is -2.22. The lowest BCUT2D eigenvalue weighted by Crippen LogP contribution is -2.92. The molecule has 0 aliphatic carbocycles. The Morgan fingerprint density at radius 3 is 2.73 bits per heavy atom. The maximum atomic E-state index is 11.0. The van der Waals surface area contributed by atoms with Gasteiger partial charge >= 0.3 is 5.97 Å². The number of hydrogen-bond donors (Lipinski definition) is 1. The topological polar surface area (TPSA) is 42.9 Å². The van der Waals surface area contributed by atoms with Crippen LogP contribution >= 0.6 is 0 Å². The number of piperidine rings is 1. The van der Waals surface area contributed by atoms with Gasteiger partial charge in [0.05, 0.1) is 19.7 Å².